The number of benzene rings is 2. The van der Waals surface area contributed by atoms with E-state index in [0.717, 1.165) is 0 Å². The monoisotopic (exact) mass is 314 g/mol. The van der Waals surface area contributed by atoms with Crippen molar-refractivity contribution < 1.29 is 24.5 Å². The van der Waals surface area contributed by atoms with E-state index in [0.29, 0.717) is 17.1 Å². The SMILES string of the molecule is O=C(N/N=C/c1ccc(O)cc1O)[C@@H]1COc2ccccc2O1. The zero-order valence-corrected chi connectivity index (χ0v) is 12.0. The fourth-order valence-corrected chi connectivity index (χ4v) is 2.03. The van der Waals surface area contributed by atoms with E-state index in [9.17, 15) is 15.0 Å². The minimum absolute atomic E-state index is 0.0601. The number of ether oxygens (including phenoxy) is 2. The zero-order chi connectivity index (χ0) is 16.2. The van der Waals surface area contributed by atoms with Crippen LogP contribution in [0.4, 0.5) is 0 Å². The summed E-state index contributed by atoms with van der Waals surface area (Å²) in [6.45, 7) is 0.0861. The summed E-state index contributed by atoms with van der Waals surface area (Å²) in [6.07, 6.45) is 0.458. The van der Waals surface area contributed by atoms with Crippen LogP contribution in [0, 0.1) is 0 Å². The van der Waals surface area contributed by atoms with Crippen molar-refractivity contribution in [2.45, 2.75) is 6.10 Å². The van der Waals surface area contributed by atoms with Gasteiger partial charge in [0, 0.05) is 11.6 Å². The van der Waals surface area contributed by atoms with Crippen LogP contribution >= 0.6 is 0 Å². The predicted octanol–water partition coefficient (Wildman–Crippen LogP) is 1.39. The number of nitrogens with one attached hydrogen (secondary N) is 1. The summed E-state index contributed by atoms with van der Waals surface area (Å²) < 4.78 is 11.0. The summed E-state index contributed by atoms with van der Waals surface area (Å²) in [5, 5.41) is 22.6. The molecule has 1 amide bonds. The molecule has 0 spiro atoms. The van der Waals surface area contributed by atoms with E-state index in [2.05, 4.69) is 10.5 Å². The molecule has 0 aromatic heterocycles. The van der Waals surface area contributed by atoms with Gasteiger partial charge in [-0.3, -0.25) is 4.79 Å². The Labute approximate surface area is 131 Å². The van der Waals surface area contributed by atoms with E-state index in [-0.39, 0.29) is 18.1 Å². The normalized spacial score (nSPS) is 16.3. The highest BCUT2D eigenvalue weighted by atomic mass is 16.6. The molecule has 0 saturated carbocycles. The highest BCUT2D eigenvalue weighted by Gasteiger charge is 2.26. The summed E-state index contributed by atoms with van der Waals surface area (Å²) in [4.78, 5) is 12.0. The molecule has 0 bridgehead atoms. The highest BCUT2D eigenvalue weighted by Crippen LogP contribution is 2.30. The lowest BCUT2D eigenvalue weighted by molar-refractivity contribution is -0.130. The molecule has 0 unspecified atom stereocenters. The molecule has 23 heavy (non-hydrogen) atoms. The number of amides is 1. The molecule has 0 radical (unpaired) electrons. The van der Waals surface area contributed by atoms with Crippen molar-refractivity contribution in [2.75, 3.05) is 6.61 Å². The van der Waals surface area contributed by atoms with Gasteiger partial charge in [0.25, 0.3) is 5.91 Å². The molecule has 1 aliphatic heterocycles. The Morgan fingerprint density at radius 2 is 2.00 bits per heavy atom. The van der Waals surface area contributed by atoms with Crippen LogP contribution in [0.25, 0.3) is 0 Å². The molecule has 0 aliphatic carbocycles. The second kappa shape index (κ2) is 6.27. The van der Waals surface area contributed by atoms with E-state index in [1.54, 1.807) is 18.2 Å². The van der Waals surface area contributed by atoms with Gasteiger partial charge < -0.3 is 19.7 Å². The molecular weight excluding hydrogens is 300 g/mol. The molecular formula is C16H14N2O5. The minimum Gasteiger partial charge on any atom is -0.508 e. The third-order valence-corrected chi connectivity index (χ3v) is 3.19. The van der Waals surface area contributed by atoms with Gasteiger partial charge in [0.15, 0.2) is 11.5 Å². The topological polar surface area (TPSA) is 100 Å². The summed E-state index contributed by atoms with van der Waals surface area (Å²) in [5.74, 6) is 0.423. The lowest BCUT2D eigenvalue weighted by Gasteiger charge is -2.24. The molecule has 1 aliphatic rings. The number of aromatic hydroxyl groups is 2. The van der Waals surface area contributed by atoms with Crippen LogP contribution in [-0.4, -0.2) is 35.0 Å². The van der Waals surface area contributed by atoms with E-state index < -0.39 is 12.0 Å². The third-order valence-electron chi connectivity index (χ3n) is 3.19. The Balaban J connectivity index is 1.61. The number of hydrogen-bond acceptors (Lipinski definition) is 6. The second-order valence-electron chi connectivity index (χ2n) is 4.84. The number of para-hydroxylation sites is 2. The maximum Gasteiger partial charge on any atom is 0.284 e. The Morgan fingerprint density at radius 1 is 1.22 bits per heavy atom. The molecule has 3 rings (SSSR count). The smallest absolute Gasteiger partial charge is 0.284 e. The lowest BCUT2D eigenvalue weighted by Crippen LogP contribution is -2.42. The third kappa shape index (κ3) is 3.34. The average molecular weight is 314 g/mol. The van der Waals surface area contributed by atoms with E-state index in [4.69, 9.17) is 9.47 Å². The summed E-state index contributed by atoms with van der Waals surface area (Å²) >= 11 is 0. The van der Waals surface area contributed by atoms with Gasteiger partial charge in [-0.1, -0.05) is 12.1 Å². The first-order valence-electron chi connectivity index (χ1n) is 6.87. The summed E-state index contributed by atoms with van der Waals surface area (Å²) in [5.41, 5.74) is 2.68. The van der Waals surface area contributed by atoms with E-state index in [1.165, 1.54) is 24.4 Å². The Hall–Kier alpha value is -3.22. The lowest BCUT2D eigenvalue weighted by atomic mass is 10.2. The molecule has 2 aromatic carbocycles. The fourth-order valence-electron chi connectivity index (χ4n) is 2.03. The van der Waals surface area contributed by atoms with Crippen molar-refractivity contribution >= 4 is 12.1 Å². The van der Waals surface area contributed by atoms with Crippen LogP contribution in [0.3, 0.4) is 0 Å². The fraction of sp³-hybridized carbons (Fsp3) is 0.125. The second-order valence-corrected chi connectivity index (χ2v) is 4.84. The number of carbonyl (C=O) groups is 1. The maximum atomic E-state index is 12.0. The molecule has 7 nitrogen and oxygen atoms in total. The Morgan fingerprint density at radius 3 is 2.78 bits per heavy atom. The van der Waals surface area contributed by atoms with Crippen LogP contribution in [-0.2, 0) is 4.79 Å². The molecule has 0 saturated heterocycles. The number of hydrazone groups is 1. The van der Waals surface area contributed by atoms with Gasteiger partial charge in [-0.25, -0.2) is 5.43 Å². The predicted molar refractivity (Wildman–Crippen MR) is 81.9 cm³/mol. The van der Waals surface area contributed by atoms with Gasteiger partial charge in [-0.05, 0) is 24.3 Å². The van der Waals surface area contributed by atoms with Crippen LogP contribution in [0.1, 0.15) is 5.56 Å². The highest BCUT2D eigenvalue weighted by molar-refractivity contribution is 5.86. The number of fused-ring (bicyclic) bond motifs is 1. The first-order chi connectivity index (χ1) is 11.1. The number of nitrogens with zero attached hydrogens (tertiary/aromatic N) is 1. The molecule has 0 fully saturated rings. The van der Waals surface area contributed by atoms with Crippen molar-refractivity contribution in [3.05, 3.63) is 48.0 Å². The van der Waals surface area contributed by atoms with Gasteiger partial charge in [0.2, 0.25) is 6.10 Å². The maximum absolute atomic E-state index is 12.0. The van der Waals surface area contributed by atoms with Gasteiger partial charge in [0.1, 0.15) is 18.1 Å². The van der Waals surface area contributed by atoms with Crippen LogP contribution in [0.5, 0.6) is 23.0 Å². The van der Waals surface area contributed by atoms with Gasteiger partial charge in [-0.2, -0.15) is 5.10 Å². The van der Waals surface area contributed by atoms with Crippen molar-refractivity contribution in [1.29, 1.82) is 0 Å². The van der Waals surface area contributed by atoms with Crippen LogP contribution in [0.2, 0.25) is 0 Å². The number of phenolic OH excluding ortho intramolecular Hbond substituents is 2. The molecule has 3 N–H and O–H groups in total. The zero-order valence-electron chi connectivity index (χ0n) is 12.0. The van der Waals surface area contributed by atoms with Gasteiger partial charge in [0.05, 0.1) is 6.21 Å². The van der Waals surface area contributed by atoms with E-state index in [1.807, 2.05) is 6.07 Å². The molecule has 118 valence electrons. The summed E-state index contributed by atoms with van der Waals surface area (Å²) in [7, 11) is 0. The molecule has 1 atom stereocenters. The van der Waals surface area contributed by atoms with Crippen LogP contribution in [0.15, 0.2) is 47.6 Å². The Kier molecular flexibility index (Phi) is 4.01. The van der Waals surface area contributed by atoms with Gasteiger partial charge in [-0.15, -0.1) is 0 Å². The first-order valence-corrected chi connectivity index (χ1v) is 6.87. The van der Waals surface area contributed by atoms with Crippen molar-refractivity contribution in [3.63, 3.8) is 0 Å². The average Bonchev–Trinajstić information content (AvgIpc) is 2.56. The molecule has 2 aromatic rings. The molecule has 1 heterocycles. The first kappa shape index (κ1) is 14.7. The largest absolute Gasteiger partial charge is 0.508 e. The summed E-state index contributed by atoms with van der Waals surface area (Å²) in [6, 6.07) is 11.1. The van der Waals surface area contributed by atoms with Crippen LogP contribution < -0.4 is 14.9 Å². The number of carbonyl (C=O) groups excluding carboxylic acids is 1. The standard InChI is InChI=1S/C16H14N2O5/c19-11-6-5-10(12(20)7-11)8-17-18-16(21)15-9-22-13-3-1-2-4-14(13)23-15/h1-8,15,19-20H,9H2,(H,18,21)/b17-8+/t15-/m0/s1. The Bertz CT molecular complexity index is 760. The van der Waals surface area contributed by atoms with Crippen molar-refractivity contribution in [3.8, 4) is 23.0 Å². The van der Waals surface area contributed by atoms with Crippen molar-refractivity contribution in [2.24, 2.45) is 5.10 Å². The van der Waals surface area contributed by atoms with E-state index >= 15 is 0 Å². The van der Waals surface area contributed by atoms with Crippen molar-refractivity contribution in [1.82, 2.24) is 5.43 Å². The molecule has 7 heteroatoms. The quantitative estimate of drug-likeness (QED) is 0.587. The minimum atomic E-state index is -0.810. The number of rotatable bonds is 3. The number of phenols is 2. The number of hydrogen-bond donors (Lipinski definition) is 3. The van der Waals surface area contributed by atoms with Gasteiger partial charge >= 0.3 is 0 Å².